The van der Waals surface area contributed by atoms with Gasteiger partial charge in [0.15, 0.2) is 0 Å². The predicted molar refractivity (Wildman–Crippen MR) is 77.3 cm³/mol. The third kappa shape index (κ3) is 2.70. The number of halogens is 1. The Hall–Kier alpha value is -0.990. The molecule has 0 spiro atoms. The van der Waals surface area contributed by atoms with Gasteiger partial charge in [0.2, 0.25) is 0 Å². The monoisotopic (exact) mass is 265 g/mol. The van der Waals surface area contributed by atoms with Crippen molar-refractivity contribution in [1.29, 1.82) is 0 Å². The molecule has 2 aromatic rings. The second-order valence-corrected chi connectivity index (χ2v) is 6.24. The zero-order valence-electron chi connectivity index (χ0n) is 11.4. The van der Waals surface area contributed by atoms with Crippen molar-refractivity contribution in [3.63, 3.8) is 0 Å². The highest BCUT2D eigenvalue weighted by atomic mass is 35.5. The predicted octanol–water partition coefficient (Wildman–Crippen LogP) is 4.19. The Bertz CT molecular complexity index is 564. The molecule has 0 saturated heterocycles. The first kappa shape index (κ1) is 13.4. The largest absolute Gasteiger partial charge is 0.390 e. The molecule has 0 aliphatic heterocycles. The third-order valence-corrected chi connectivity index (χ3v) is 3.29. The molecule has 0 aliphatic rings. The lowest BCUT2D eigenvalue weighted by atomic mass is 9.98. The van der Waals surface area contributed by atoms with Crippen LogP contribution in [-0.2, 0) is 6.42 Å². The lowest BCUT2D eigenvalue weighted by molar-refractivity contribution is 0.0813. The summed E-state index contributed by atoms with van der Waals surface area (Å²) in [5.41, 5.74) is 1.61. The standard InChI is InChI=1S/C15H20ClNO/c1-10(2)17-9-11(8-15(3,4)18)13-6-5-12(16)7-14(13)17/h5-7,9-10,18H,8H2,1-4H3. The lowest BCUT2D eigenvalue weighted by Gasteiger charge is -2.16. The summed E-state index contributed by atoms with van der Waals surface area (Å²) < 4.78 is 2.21. The van der Waals surface area contributed by atoms with Crippen LogP contribution in [0, 0.1) is 0 Å². The highest BCUT2D eigenvalue weighted by Gasteiger charge is 2.18. The molecule has 98 valence electrons. The number of fused-ring (bicyclic) bond motifs is 1. The summed E-state index contributed by atoms with van der Waals surface area (Å²) in [7, 11) is 0. The highest BCUT2D eigenvalue weighted by molar-refractivity contribution is 6.31. The molecular formula is C15H20ClNO. The summed E-state index contributed by atoms with van der Waals surface area (Å²) in [6.07, 6.45) is 2.77. The molecule has 0 amide bonds. The number of benzene rings is 1. The van der Waals surface area contributed by atoms with Gasteiger partial charge in [0, 0.05) is 29.1 Å². The van der Waals surface area contributed by atoms with E-state index in [9.17, 15) is 5.11 Å². The fraction of sp³-hybridized carbons (Fsp3) is 0.467. The average molecular weight is 266 g/mol. The Morgan fingerprint density at radius 2 is 2.00 bits per heavy atom. The molecule has 0 atom stereocenters. The Balaban J connectivity index is 2.61. The van der Waals surface area contributed by atoms with Gasteiger partial charge in [-0.05, 0) is 45.4 Å². The lowest BCUT2D eigenvalue weighted by Crippen LogP contribution is -2.21. The number of aromatic nitrogens is 1. The Morgan fingerprint density at radius 1 is 1.33 bits per heavy atom. The van der Waals surface area contributed by atoms with Crippen LogP contribution in [0.2, 0.25) is 5.02 Å². The smallest absolute Gasteiger partial charge is 0.0632 e. The van der Waals surface area contributed by atoms with E-state index in [-0.39, 0.29) is 0 Å². The zero-order chi connectivity index (χ0) is 13.5. The van der Waals surface area contributed by atoms with Gasteiger partial charge in [-0.1, -0.05) is 17.7 Å². The summed E-state index contributed by atoms with van der Waals surface area (Å²) in [4.78, 5) is 0. The van der Waals surface area contributed by atoms with Gasteiger partial charge in [0.05, 0.1) is 11.1 Å². The maximum Gasteiger partial charge on any atom is 0.0632 e. The highest BCUT2D eigenvalue weighted by Crippen LogP contribution is 2.29. The van der Waals surface area contributed by atoms with E-state index in [1.54, 1.807) is 0 Å². The van der Waals surface area contributed by atoms with Crippen molar-refractivity contribution in [2.45, 2.75) is 45.8 Å². The number of rotatable bonds is 3. The van der Waals surface area contributed by atoms with E-state index in [2.05, 4.69) is 24.6 Å². The molecule has 0 unspecified atom stereocenters. The molecule has 2 nitrogen and oxygen atoms in total. The molecule has 1 N–H and O–H groups in total. The Morgan fingerprint density at radius 3 is 2.56 bits per heavy atom. The van der Waals surface area contributed by atoms with E-state index in [1.165, 1.54) is 10.9 Å². The minimum atomic E-state index is -0.699. The molecule has 0 saturated carbocycles. The summed E-state index contributed by atoms with van der Waals surface area (Å²) >= 11 is 6.07. The summed E-state index contributed by atoms with van der Waals surface area (Å²) in [6, 6.07) is 6.31. The van der Waals surface area contributed by atoms with Crippen LogP contribution in [0.15, 0.2) is 24.4 Å². The van der Waals surface area contributed by atoms with Gasteiger partial charge in [-0.3, -0.25) is 0 Å². The fourth-order valence-electron chi connectivity index (χ4n) is 2.33. The molecular weight excluding hydrogens is 246 g/mol. The molecule has 0 aliphatic carbocycles. The second-order valence-electron chi connectivity index (χ2n) is 5.81. The van der Waals surface area contributed by atoms with Crippen molar-refractivity contribution < 1.29 is 5.11 Å². The minimum Gasteiger partial charge on any atom is -0.390 e. The van der Waals surface area contributed by atoms with Crippen LogP contribution in [-0.4, -0.2) is 15.3 Å². The molecule has 0 fully saturated rings. The van der Waals surface area contributed by atoms with E-state index in [0.29, 0.717) is 12.5 Å². The molecule has 0 bridgehead atoms. The molecule has 0 radical (unpaired) electrons. The van der Waals surface area contributed by atoms with Gasteiger partial charge >= 0.3 is 0 Å². The van der Waals surface area contributed by atoms with E-state index in [4.69, 9.17) is 11.6 Å². The van der Waals surface area contributed by atoms with Gasteiger partial charge in [-0.25, -0.2) is 0 Å². The maximum atomic E-state index is 10.00. The van der Waals surface area contributed by atoms with Crippen LogP contribution < -0.4 is 0 Å². The fourth-order valence-corrected chi connectivity index (χ4v) is 2.50. The van der Waals surface area contributed by atoms with Crippen LogP contribution in [0.5, 0.6) is 0 Å². The normalized spacial score (nSPS) is 12.6. The van der Waals surface area contributed by atoms with Crippen LogP contribution in [0.4, 0.5) is 0 Å². The van der Waals surface area contributed by atoms with Crippen molar-refractivity contribution in [1.82, 2.24) is 4.57 Å². The van der Waals surface area contributed by atoms with Crippen LogP contribution >= 0.6 is 11.6 Å². The number of hydrogen-bond donors (Lipinski definition) is 1. The third-order valence-electron chi connectivity index (χ3n) is 3.06. The SMILES string of the molecule is CC(C)n1cc(CC(C)(C)O)c2ccc(Cl)cc21. The first-order chi connectivity index (χ1) is 8.28. The summed E-state index contributed by atoms with van der Waals surface area (Å²) in [6.45, 7) is 7.96. The first-order valence-corrected chi connectivity index (χ1v) is 6.67. The number of aliphatic hydroxyl groups is 1. The van der Waals surface area contributed by atoms with Crippen molar-refractivity contribution in [3.05, 3.63) is 35.0 Å². The van der Waals surface area contributed by atoms with Crippen LogP contribution in [0.1, 0.15) is 39.3 Å². The van der Waals surface area contributed by atoms with Crippen LogP contribution in [0.25, 0.3) is 10.9 Å². The quantitative estimate of drug-likeness (QED) is 0.885. The van der Waals surface area contributed by atoms with Crippen molar-refractivity contribution in [2.24, 2.45) is 0 Å². The van der Waals surface area contributed by atoms with E-state index < -0.39 is 5.60 Å². The van der Waals surface area contributed by atoms with Gasteiger partial charge in [0.25, 0.3) is 0 Å². The van der Waals surface area contributed by atoms with E-state index in [0.717, 1.165) is 10.5 Å². The van der Waals surface area contributed by atoms with Crippen molar-refractivity contribution in [2.75, 3.05) is 0 Å². The first-order valence-electron chi connectivity index (χ1n) is 6.29. The average Bonchev–Trinajstić information content (AvgIpc) is 2.54. The van der Waals surface area contributed by atoms with Crippen molar-refractivity contribution in [3.8, 4) is 0 Å². The molecule has 18 heavy (non-hydrogen) atoms. The Labute approximate surface area is 113 Å². The summed E-state index contributed by atoms with van der Waals surface area (Å²) in [5, 5.41) is 11.9. The van der Waals surface area contributed by atoms with Crippen LogP contribution in [0.3, 0.4) is 0 Å². The van der Waals surface area contributed by atoms with E-state index in [1.807, 2.05) is 32.0 Å². The topological polar surface area (TPSA) is 25.2 Å². The minimum absolute atomic E-state index is 0.376. The van der Waals surface area contributed by atoms with Gasteiger partial charge in [-0.15, -0.1) is 0 Å². The molecule has 2 rings (SSSR count). The molecule has 1 aromatic heterocycles. The molecule has 3 heteroatoms. The number of hydrogen-bond acceptors (Lipinski definition) is 1. The number of nitrogens with zero attached hydrogens (tertiary/aromatic N) is 1. The van der Waals surface area contributed by atoms with Gasteiger partial charge in [0.1, 0.15) is 0 Å². The van der Waals surface area contributed by atoms with Gasteiger partial charge < -0.3 is 9.67 Å². The second kappa shape index (κ2) is 4.60. The Kier molecular flexibility index (Phi) is 3.43. The molecule has 1 aromatic carbocycles. The molecule has 1 heterocycles. The van der Waals surface area contributed by atoms with E-state index >= 15 is 0 Å². The van der Waals surface area contributed by atoms with Gasteiger partial charge in [-0.2, -0.15) is 0 Å². The summed E-state index contributed by atoms with van der Waals surface area (Å²) in [5.74, 6) is 0. The maximum absolute atomic E-state index is 10.00. The zero-order valence-corrected chi connectivity index (χ0v) is 12.1. The van der Waals surface area contributed by atoms with Crippen molar-refractivity contribution >= 4 is 22.5 Å².